The van der Waals surface area contributed by atoms with E-state index in [0.29, 0.717) is 0 Å². The topological polar surface area (TPSA) is 150 Å². The van der Waals surface area contributed by atoms with Gasteiger partial charge < -0.3 is 14.9 Å². The Balaban J connectivity index is 2.46. The van der Waals surface area contributed by atoms with Crippen molar-refractivity contribution >= 4 is 18.7 Å². The Labute approximate surface area is 104 Å². The summed E-state index contributed by atoms with van der Waals surface area (Å²) in [5.41, 5.74) is -0.0781. The Kier molecular flexibility index (Phi) is 2.39. The molecule has 11 heteroatoms. The first kappa shape index (κ1) is 11.8. The minimum Gasteiger partial charge on any atom is -0.506 e. The van der Waals surface area contributed by atoms with Crippen molar-refractivity contribution in [2.24, 2.45) is 0 Å². The number of aromatic amines is 1. The first-order valence-electron chi connectivity index (χ1n) is 4.98. The summed E-state index contributed by atoms with van der Waals surface area (Å²) < 4.78 is 12.5. The summed E-state index contributed by atoms with van der Waals surface area (Å²) in [5, 5.41) is 22.6. The number of pyridine rings is 1. The van der Waals surface area contributed by atoms with Gasteiger partial charge in [-0.25, -0.2) is 10.1 Å². The van der Waals surface area contributed by atoms with Crippen LogP contribution in [0.3, 0.4) is 0 Å². The van der Waals surface area contributed by atoms with Crippen LogP contribution >= 0.6 is 7.60 Å². The van der Waals surface area contributed by atoms with Gasteiger partial charge in [0.1, 0.15) is 17.1 Å². The lowest BCUT2D eigenvalue weighted by Crippen LogP contribution is -2.13. The Morgan fingerprint density at radius 1 is 1.32 bits per heavy atom. The number of aromatic nitrogens is 6. The molecule has 3 heterocycles. The smallest absolute Gasteiger partial charge is 0.374 e. The summed E-state index contributed by atoms with van der Waals surface area (Å²) in [6.07, 6.45) is 1.04. The highest BCUT2D eigenvalue weighted by Gasteiger charge is 2.26. The molecule has 10 nitrogen and oxygen atoms in total. The maximum atomic E-state index is 11.4. The second-order valence-electron chi connectivity index (χ2n) is 3.67. The minimum absolute atomic E-state index is 0.0262. The molecule has 4 N–H and O–H groups in total. The van der Waals surface area contributed by atoms with Crippen LogP contribution in [-0.2, 0) is 4.57 Å². The van der Waals surface area contributed by atoms with E-state index in [1.807, 2.05) is 0 Å². The molecule has 0 radical (unpaired) electrons. The van der Waals surface area contributed by atoms with Crippen molar-refractivity contribution in [3.63, 3.8) is 0 Å². The third-order valence-corrected chi connectivity index (χ3v) is 3.41. The van der Waals surface area contributed by atoms with Gasteiger partial charge in [-0.1, -0.05) is 0 Å². The van der Waals surface area contributed by atoms with E-state index in [4.69, 9.17) is 0 Å². The van der Waals surface area contributed by atoms with Gasteiger partial charge in [0.05, 0.1) is 6.20 Å². The van der Waals surface area contributed by atoms with Gasteiger partial charge in [-0.2, -0.15) is 0 Å². The normalized spacial score (nSPS) is 12.1. The molecule has 0 spiro atoms. The highest BCUT2D eigenvalue weighted by atomic mass is 31.2. The molecular weight excluding hydrogens is 275 g/mol. The summed E-state index contributed by atoms with van der Waals surface area (Å²) in [6.45, 7) is 0. The van der Waals surface area contributed by atoms with E-state index in [-0.39, 0.29) is 28.4 Å². The SMILES string of the molecule is O=P(O)(O)c1cnc2ccc(O)c(-c3nnn[nH]3)n12. The molecule has 19 heavy (non-hydrogen) atoms. The lowest BCUT2D eigenvalue weighted by atomic mass is 10.3. The van der Waals surface area contributed by atoms with Crippen LogP contribution in [0.4, 0.5) is 0 Å². The maximum absolute atomic E-state index is 11.4. The largest absolute Gasteiger partial charge is 0.506 e. The van der Waals surface area contributed by atoms with E-state index >= 15 is 0 Å². The number of tetrazole rings is 1. The summed E-state index contributed by atoms with van der Waals surface area (Å²) in [5.74, 6) is -0.172. The van der Waals surface area contributed by atoms with Crippen LogP contribution in [0.2, 0.25) is 0 Å². The van der Waals surface area contributed by atoms with Crippen LogP contribution in [-0.4, -0.2) is 44.9 Å². The van der Waals surface area contributed by atoms with Gasteiger partial charge in [0.15, 0.2) is 11.3 Å². The summed E-state index contributed by atoms with van der Waals surface area (Å²) in [4.78, 5) is 22.5. The van der Waals surface area contributed by atoms with Crippen molar-refractivity contribution in [2.75, 3.05) is 0 Å². The fourth-order valence-corrected chi connectivity index (χ4v) is 2.41. The molecule has 0 saturated carbocycles. The van der Waals surface area contributed by atoms with Crippen LogP contribution in [0.15, 0.2) is 18.3 Å². The molecule has 98 valence electrons. The van der Waals surface area contributed by atoms with Crippen LogP contribution < -0.4 is 5.44 Å². The van der Waals surface area contributed by atoms with Crippen molar-refractivity contribution in [3.8, 4) is 17.3 Å². The van der Waals surface area contributed by atoms with Crippen LogP contribution in [0.25, 0.3) is 17.2 Å². The second-order valence-corrected chi connectivity index (χ2v) is 5.22. The van der Waals surface area contributed by atoms with Crippen molar-refractivity contribution in [1.82, 2.24) is 30.0 Å². The molecule has 0 atom stereocenters. The second kappa shape index (κ2) is 3.85. The fourth-order valence-electron chi connectivity index (χ4n) is 1.74. The minimum atomic E-state index is -4.56. The quantitative estimate of drug-likeness (QED) is 0.438. The summed E-state index contributed by atoms with van der Waals surface area (Å²) in [7, 11) is -4.56. The molecule has 3 aromatic heterocycles. The van der Waals surface area contributed by atoms with Gasteiger partial charge in [-0.05, 0) is 22.6 Å². The molecule has 0 unspecified atom stereocenters. The average molecular weight is 282 g/mol. The predicted octanol–water partition coefficient (Wildman–Crippen LogP) is -0.977. The zero-order valence-corrected chi connectivity index (χ0v) is 10.1. The van der Waals surface area contributed by atoms with E-state index in [0.717, 1.165) is 10.6 Å². The molecular formula is C8H7N6O4P. The van der Waals surface area contributed by atoms with Crippen LogP contribution in [0.1, 0.15) is 0 Å². The molecule has 3 rings (SSSR count). The van der Waals surface area contributed by atoms with Gasteiger partial charge in [-0.15, -0.1) is 5.10 Å². The lowest BCUT2D eigenvalue weighted by Gasteiger charge is -2.08. The monoisotopic (exact) mass is 282 g/mol. The molecule has 0 saturated heterocycles. The van der Waals surface area contributed by atoms with E-state index in [9.17, 15) is 19.5 Å². The molecule has 0 fully saturated rings. The number of hydrogen-bond donors (Lipinski definition) is 4. The van der Waals surface area contributed by atoms with Crippen molar-refractivity contribution in [1.29, 1.82) is 0 Å². The summed E-state index contributed by atoms with van der Waals surface area (Å²) >= 11 is 0. The number of H-pyrrole nitrogens is 1. The molecule has 0 aromatic carbocycles. The number of nitrogens with zero attached hydrogens (tertiary/aromatic N) is 5. The Hall–Kier alpha value is -2.29. The first-order valence-corrected chi connectivity index (χ1v) is 6.59. The van der Waals surface area contributed by atoms with E-state index in [1.165, 1.54) is 12.1 Å². The molecule has 0 aliphatic rings. The molecule has 3 aromatic rings. The van der Waals surface area contributed by atoms with E-state index < -0.39 is 7.60 Å². The fraction of sp³-hybridized carbons (Fsp3) is 0. The Bertz CT molecular complexity index is 791. The van der Waals surface area contributed by atoms with Gasteiger partial charge >= 0.3 is 7.60 Å². The third kappa shape index (κ3) is 1.78. The molecule has 0 amide bonds. The number of imidazole rings is 1. The van der Waals surface area contributed by atoms with Crippen molar-refractivity contribution in [2.45, 2.75) is 0 Å². The zero-order valence-electron chi connectivity index (χ0n) is 9.17. The van der Waals surface area contributed by atoms with Gasteiger partial charge in [0.25, 0.3) is 0 Å². The number of nitrogens with one attached hydrogen (secondary N) is 1. The van der Waals surface area contributed by atoms with Crippen LogP contribution in [0, 0.1) is 0 Å². The highest BCUT2D eigenvalue weighted by Crippen LogP contribution is 2.36. The Morgan fingerprint density at radius 3 is 2.74 bits per heavy atom. The van der Waals surface area contributed by atoms with Gasteiger partial charge in [-0.3, -0.25) is 8.97 Å². The van der Waals surface area contributed by atoms with Gasteiger partial charge in [0, 0.05) is 0 Å². The van der Waals surface area contributed by atoms with E-state index in [1.54, 1.807) is 0 Å². The number of aromatic hydroxyl groups is 1. The molecule has 0 bridgehead atoms. The average Bonchev–Trinajstić information content (AvgIpc) is 2.94. The van der Waals surface area contributed by atoms with Crippen LogP contribution in [0.5, 0.6) is 5.75 Å². The van der Waals surface area contributed by atoms with Gasteiger partial charge in [0.2, 0.25) is 0 Å². The third-order valence-electron chi connectivity index (χ3n) is 2.50. The summed E-state index contributed by atoms with van der Waals surface area (Å²) in [6, 6.07) is 2.76. The number of fused-ring (bicyclic) bond motifs is 1. The van der Waals surface area contributed by atoms with E-state index in [2.05, 4.69) is 25.6 Å². The Morgan fingerprint density at radius 2 is 2.11 bits per heavy atom. The zero-order chi connectivity index (χ0) is 13.6. The highest BCUT2D eigenvalue weighted by molar-refractivity contribution is 7.60. The number of rotatable bonds is 2. The standard InChI is InChI=1S/C8H7N6O4P/c15-4-1-2-5-9-3-6(19(16,17)18)14(5)7(4)8-10-12-13-11-8/h1-3,15H,(H2,16,17,18)(H,10,11,12,13). The first-order chi connectivity index (χ1) is 8.98. The van der Waals surface area contributed by atoms with Crippen molar-refractivity contribution < 1.29 is 19.5 Å². The lowest BCUT2D eigenvalue weighted by molar-refractivity contribution is 0.386. The molecule has 0 aliphatic heterocycles. The maximum Gasteiger partial charge on any atom is 0.374 e. The predicted molar refractivity (Wildman–Crippen MR) is 61.7 cm³/mol. The number of hydrogen-bond acceptors (Lipinski definition) is 6. The molecule has 0 aliphatic carbocycles. The van der Waals surface area contributed by atoms with Crippen molar-refractivity contribution in [3.05, 3.63) is 18.3 Å².